The van der Waals surface area contributed by atoms with Crippen LogP contribution in [-0.2, 0) is 24.2 Å². The van der Waals surface area contributed by atoms with Crippen molar-refractivity contribution in [3.8, 4) is 0 Å². The Labute approximate surface area is 173 Å². The quantitative estimate of drug-likeness (QED) is 0.698. The minimum atomic E-state index is -3.49. The number of amides is 2. The Morgan fingerprint density at radius 2 is 1.62 bits per heavy atom. The van der Waals surface area contributed by atoms with E-state index in [4.69, 9.17) is 0 Å². The Balaban J connectivity index is 1.28. The third-order valence-electron chi connectivity index (χ3n) is 6.51. The maximum Gasteiger partial charge on any atom is 0.225 e. The van der Waals surface area contributed by atoms with E-state index >= 15 is 0 Å². The summed E-state index contributed by atoms with van der Waals surface area (Å²) in [6, 6.07) is 8.74. The van der Waals surface area contributed by atoms with Crippen LogP contribution < -0.4 is 0 Å². The highest BCUT2D eigenvalue weighted by Crippen LogP contribution is 2.29. The van der Waals surface area contributed by atoms with Gasteiger partial charge < -0.3 is 14.4 Å². The van der Waals surface area contributed by atoms with Crippen LogP contribution in [0.25, 0.3) is 0 Å². The van der Waals surface area contributed by atoms with E-state index in [1.165, 1.54) is 4.31 Å². The van der Waals surface area contributed by atoms with Crippen molar-refractivity contribution < 1.29 is 18.4 Å². The number of hydrogen-bond acceptors (Lipinski definition) is 4. The van der Waals surface area contributed by atoms with Gasteiger partial charge in [0.15, 0.2) is 15.3 Å². The molecule has 0 aliphatic carbocycles. The molecule has 3 aliphatic heterocycles. The summed E-state index contributed by atoms with van der Waals surface area (Å²) in [5.41, 5.74) is 0. The van der Waals surface area contributed by atoms with Crippen molar-refractivity contribution in [3.05, 3.63) is 30.3 Å². The smallest absolute Gasteiger partial charge is 0.225 e. The highest BCUT2D eigenvalue weighted by atomic mass is 32.3. The average molecular weight is 420 g/mol. The number of benzene rings is 1. The van der Waals surface area contributed by atoms with E-state index in [1.807, 2.05) is 9.80 Å². The molecule has 3 fully saturated rings. The van der Waals surface area contributed by atoms with Crippen molar-refractivity contribution in [1.29, 1.82) is 0 Å². The maximum atomic E-state index is 12.9. The van der Waals surface area contributed by atoms with Crippen molar-refractivity contribution in [1.82, 2.24) is 14.1 Å². The van der Waals surface area contributed by atoms with Crippen LogP contribution >= 0.6 is 0 Å². The van der Waals surface area contributed by atoms with Crippen LogP contribution in [0.15, 0.2) is 35.2 Å². The minimum absolute atomic E-state index is 0.109. The van der Waals surface area contributed by atoms with E-state index in [9.17, 15) is 18.4 Å². The molecule has 0 N–H and O–H groups in total. The molecule has 0 radical (unpaired) electrons. The van der Waals surface area contributed by atoms with Crippen molar-refractivity contribution >= 4 is 22.2 Å². The summed E-state index contributed by atoms with van der Waals surface area (Å²) in [5.74, 6) is 0.289. The fraction of sp³-hybridized carbons (Fsp3) is 0.619. The van der Waals surface area contributed by atoms with Crippen LogP contribution in [-0.4, -0.2) is 69.2 Å². The fourth-order valence-electron chi connectivity index (χ4n) is 4.80. The first-order valence-corrected chi connectivity index (χ1v) is 12.0. The number of carbonyl (C=O) groups excluding carboxylic acids is 2. The minimum Gasteiger partial charge on any atom is -0.593 e. The molecule has 1 aromatic rings. The van der Waals surface area contributed by atoms with Gasteiger partial charge in [0.2, 0.25) is 11.8 Å². The van der Waals surface area contributed by atoms with E-state index in [1.54, 1.807) is 30.3 Å². The predicted molar refractivity (Wildman–Crippen MR) is 108 cm³/mol. The van der Waals surface area contributed by atoms with Gasteiger partial charge in [-0.3, -0.25) is 9.59 Å². The topological polar surface area (TPSA) is 84.0 Å². The van der Waals surface area contributed by atoms with Crippen molar-refractivity contribution in [3.63, 3.8) is 0 Å². The van der Waals surface area contributed by atoms with Gasteiger partial charge in [-0.25, -0.2) is 0 Å². The molecule has 0 saturated carbocycles. The summed E-state index contributed by atoms with van der Waals surface area (Å²) in [6.45, 7) is 3.00. The van der Waals surface area contributed by atoms with E-state index in [-0.39, 0.29) is 23.8 Å². The van der Waals surface area contributed by atoms with Crippen LogP contribution in [0.4, 0.5) is 0 Å². The van der Waals surface area contributed by atoms with Gasteiger partial charge in [-0.2, -0.15) is 0 Å². The van der Waals surface area contributed by atoms with Crippen LogP contribution in [0.1, 0.15) is 38.5 Å². The Bertz CT molecular complexity index is 786. The molecule has 3 heterocycles. The standard InChI is InChI=1S/C21H29N3O4S/c25-20-7-4-12-24(20)18-10-13-22(14-11-18)21(26)17-8-15-23(16-9-17)29(27,28)19-5-2-1-3-6-19/h1-3,5-6,17-18H,4,7-16H2. The molecule has 4 rings (SSSR count). The Morgan fingerprint density at radius 1 is 0.966 bits per heavy atom. The first kappa shape index (κ1) is 20.5. The first-order valence-electron chi connectivity index (χ1n) is 10.6. The van der Waals surface area contributed by atoms with Crippen molar-refractivity contribution in [2.45, 2.75) is 49.5 Å². The lowest BCUT2D eigenvalue weighted by Gasteiger charge is -2.39. The number of hydrogen-bond donors (Lipinski definition) is 0. The zero-order chi connectivity index (χ0) is 20.4. The summed E-state index contributed by atoms with van der Waals surface area (Å²) in [7, 11) is -3.49. The lowest BCUT2D eigenvalue weighted by Crippen LogP contribution is -2.50. The summed E-state index contributed by atoms with van der Waals surface area (Å²) in [5, 5.41) is 0. The zero-order valence-electron chi connectivity index (χ0n) is 16.7. The molecule has 0 bridgehead atoms. The fourth-order valence-corrected chi connectivity index (χ4v) is 6.29. The first-order chi connectivity index (χ1) is 14.0. The van der Waals surface area contributed by atoms with E-state index in [0.29, 0.717) is 50.3 Å². The second-order valence-electron chi connectivity index (χ2n) is 8.24. The van der Waals surface area contributed by atoms with Crippen LogP contribution in [0, 0.1) is 5.92 Å². The Morgan fingerprint density at radius 3 is 2.21 bits per heavy atom. The molecule has 3 aliphatic rings. The lowest BCUT2D eigenvalue weighted by atomic mass is 9.94. The number of nitrogens with zero attached hydrogens (tertiary/aromatic N) is 3. The molecule has 1 unspecified atom stereocenters. The number of rotatable bonds is 4. The number of sulfonamides is 1. The third-order valence-corrected chi connectivity index (χ3v) is 8.42. The average Bonchev–Trinajstić information content (AvgIpc) is 3.20. The molecule has 1 atom stereocenters. The van der Waals surface area contributed by atoms with Crippen molar-refractivity contribution in [2.75, 3.05) is 32.7 Å². The normalized spacial score (nSPS) is 24.7. The largest absolute Gasteiger partial charge is 0.593 e. The molecule has 1 aromatic carbocycles. The van der Waals surface area contributed by atoms with E-state index in [2.05, 4.69) is 0 Å². The molecule has 0 aromatic heterocycles. The zero-order valence-corrected chi connectivity index (χ0v) is 17.5. The molecule has 29 heavy (non-hydrogen) atoms. The summed E-state index contributed by atoms with van der Waals surface area (Å²) in [4.78, 5) is 29.1. The summed E-state index contributed by atoms with van der Waals surface area (Å²) in [6.07, 6.45) is 4.42. The molecule has 2 amide bonds. The van der Waals surface area contributed by atoms with Crippen LogP contribution in [0.3, 0.4) is 0 Å². The highest BCUT2D eigenvalue weighted by molar-refractivity contribution is 7.95. The van der Waals surface area contributed by atoms with Gasteiger partial charge in [0.25, 0.3) is 0 Å². The summed E-state index contributed by atoms with van der Waals surface area (Å²) >= 11 is 0. The van der Waals surface area contributed by atoms with Gasteiger partial charge in [0.1, 0.15) is 0 Å². The van der Waals surface area contributed by atoms with Crippen molar-refractivity contribution in [2.24, 2.45) is 5.92 Å². The number of likely N-dealkylation sites (tertiary alicyclic amines) is 2. The van der Waals surface area contributed by atoms with Gasteiger partial charge in [0.05, 0.1) is 0 Å². The third kappa shape index (κ3) is 4.25. The van der Waals surface area contributed by atoms with Gasteiger partial charge in [-0.15, -0.1) is 4.31 Å². The monoisotopic (exact) mass is 419 g/mol. The molecule has 3 saturated heterocycles. The molecule has 0 spiro atoms. The Kier molecular flexibility index (Phi) is 6.03. The van der Waals surface area contributed by atoms with Gasteiger partial charge in [-0.05, 0) is 44.2 Å². The van der Waals surface area contributed by atoms with Crippen LogP contribution in [0.2, 0.25) is 0 Å². The predicted octanol–water partition coefficient (Wildman–Crippen LogP) is 1.92. The molecular weight excluding hydrogens is 390 g/mol. The SMILES string of the molecule is O=C(C1CCN([S+](=O)([O-])c2ccccc2)CC1)N1CCC(N2CCCC2=O)CC1. The van der Waals surface area contributed by atoms with Gasteiger partial charge in [-0.1, -0.05) is 22.4 Å². The van der Waals surface area contributed by atoms with E-state index in [0.717, 1.165) is 25.8 Å². The lowest BCUT2D eigenvalue weighted by molar-refractivity contribution is -0.139. The maximum absolute atomic E-state index is 12.9. The van der Waals surface area contributed by atoms with Gasteiger partial charge >= 0.3 is 0 Å². The van der Waals surface area contributed by atoms with Gasteiger partial charge in [0, 0.05) is 51.1 Å². The number of carbonyl (C=O) groups is 2. The molecular formula is C21H29N3O4S. The molecule has 7 nitrogen and oxygen atoms in total. The second-order valence-corrected chi connectivity index (χ2v) is 10.2. The van der Waals surface area contributed by atoms with Crippen LogP contribution in [0.5, 0.6) is 0 Å². The summed E-state index contributed by atoms with van der Waals surface area (Å²) < 4.78 is 27.0. The second kappa shape index (κ2) is 8.53. The highest BCUT2D eigenvalue weighted by Gasteiger charge is 2.38. The Hall–Kier alpha value is -1.77. The number of piperidine rings is 2. The molecule has 8 heteroatoms. The van der Waals surface area contributed by atoms with E-state index < -0.39 is 10.4 Å². The molecule has 158 valence electrons.